The van der Waals surface area contributed by atoms with E-state index in [-0.39, 0.29) is 30.5 Å². The number of carbonyl (C=O) groups is 3. The van der Waals surface area contributed by atoms with Crippen molar-refractivity contribution in [2.75, 3.05) is 13.2 Å². The van der Waals surface area contributed by atoms with Gasteiger partial charge in [0.15, 0.2) is 0 Å². The Balaban J connectivity index is 1.19. The lowest BCUT2D eigenvalue weighted by Crippen LogP contribution is -2.51. The van der Waals surface area contributed by atoms with Gasteiger partial charge in [-0.3, -0.25) is 4.79 Å². The summed E-state index contributed by atoms with van der Waals surface area (Å²) in [6.45, 7) is 18.1. The molecule has 8 nitrogen and oxygen atoms in total. The van der Waals surface area contributed by atoms with E-state index >= 15 is 0 Å². The molecule has 2 amide bonds. The molecule has 0 aromatic rings. The zero-order chi connectivity index (χ0) is 35.3. The minimum atomic E-state index is -1.10. The summed E-state index contributed by atoms with van der Waals surface area (Å²) in [6, 6.07) is -1.03. The number of unbranched alkanes of at least 4 members (excludes halogenated alkanes) is 1. The van der Waals surface area contributed by atoms with Gasteiger partial charge in [-0.25, -0.2) is 9.59 Å². The van der Waals surface area contributed by atoms with Crippen molar-refractivity contribution < 1.29 is 29.0 Å². The first kappa shape index (κ1) is 38.7. The van der Waals surface area contributed by atoms with Gasteiger partial charge in [0.25, 0.3) is 0 Å². The maximum absolute atomic E-state index is 12.6. The zero-order valence-corrected chi connectivity index (χ0v) is 31.5. The number of aliphatic carboxylic acids is 1. The summed E-state index contributed by atoms with van der Waals surface area (Å²) >= 11 is 0. The van der Waals surface area contributed by atoms with Crippen LogP contribution in [0, 0.1) is 46.3 Å². The van der Waals surface area contributed by atoms with E-state index in [4.69, 9.17) is 9.47 Å². The molecule has 4 aliphatic rings. The molecular weight excluding hydrogens is 604 g/mol. The van der Waals surface area contributed by atoms with E-state index in [9.17, 15) is 19.5 Å². The molecule has 0 saturated heterocycles. The maximum atomic E-state index is 12.6. The lowest BCUT2D eigenvalue weighted by atomic mass is 9.47. The van der Waals surface area contributed by atoms with Crippen molar-refractivity contribution in [3.63, 3.8) is 0 Å². The number of hydrogen-bond donors (Lipinski definition) is 3. The van der Waals surface area contributed by atoms with Gasteiger partial charge < -0.3 is 25.2 Å². The largest absolute Gasteiger partial charge is 0.480 e. The van der Waals surface area contributed by atoms with Crippen molar-refractivity contribution >= 4 is 18.0 Å². The Hall–Kier alpha value is -2.09. The van der Waals surface area contributed by atoms with E-state index in [1.807, 2.05) is 0 Å². The SMILES string of the molecule is CC(C)CCCC(C)C1CCC2C3CC=C4CC(OCC(=O)NCCCCC(NC(=O)OC(C)(C)C)C(=O)O)CCC4(C)C3CCC12C. The van der Waals surface area contributed by atoms with Gasteiger partial charge in [0.05, 0.1) is 6.10 Å². The molecule has 8 heteroatoms. The molecule has 0 aliphatic heterocycles. The van der Waals surface area contributed by atoms with Gasteiger partial charge in [0.2, 0.25) is 5.91 Å². The fourth-order valence-electron chi connectivity index (χ4n) is 10.4. The lowest BCUT2D eigenvalue weighted by Gasteiger charge is -2.58. The van der Waals surface area contributed by atoms with Crippen LogP contribution in [0.15, 0.2) is 11.6 Å². The number of carbonyl (C=O) groups excluding carboxylic acids is 2. The van der Waals surface area contributed by atoms with E-state index in [0.717, 1.165) is 54.8 Å². The van der Waals surface area contributed by atoms with E-state index in [0.29, 0.717) is 24.8 Å². The number of alkyl carbamates (subject to hydrolysis) is 1. The van der Waals surface area contributed by atoms with E-state index in [1.165, 1.54) is 51.4 Å². The molecule has 0 radical (unpaired) electrons. The molecule has 0 aromatic carbocycles. The van der Waals surface area contributed by atoms with Gasteiger partial charge in [0.1, 0.15) is 18.2 Å². The average molecular weight is 673 g/mol. The van der Waals surface area contributed by atoms with Gasteiger partial charge in [-0.05, 0) is 138 Å². The number of hydrogen-bond acceptors (Lipinski definition) is 5. The van der Waals surface area contributed by atoms with Crippen LogP contribution in [0.5, 0.6) is 0 Å². The molecule has 9 atom stereocenters. The second-order valence-corrected chi connectivity index (χ2v) is 17.8. The molecule has 3 saturated carbocycles. The molecule has 4 rings (SSSR count). The quantitative estimate of drug-likeness (QED) is 0.119. The van der Waals surface area contributed by atoms with Crippen LogP contribution in [0.2, 0.25) is 0 Å². The highest BCUT2D eigenvalue weighted by Gasteiger charge is 2.59. The first-order valence-corrected chi connectivity index (χ1v) is 19.3. The number of carboxylic acid groups (broad SMARTS) is 1. The Morgan fingerprint density at radius 2 is 1.71 bits per heavy atom. The van der Waals surface area contributed by atoms with Crippen molar-refractivity contribution in [3.05, 3.63) is 11.6 Å². The molecule has 4 aliphatic carbocycles. The highest BCUT2D eigenvalue weighted by atomic mass is 16.6. The molecule has 0 heterocycles. The van der Waals surface area contributed by atoms with Gasteiger partial charge in [0, 0.05) is 6.54 Å². The number of carboxylic acids is 1. The molecule has 48 heavy (non-hydrogen) atoms. The fourth-order valence-corrected chi connectivity index (χ4v) is 10.4. The zero-order valence-electron chi connectivity index (χ0n) is 31.5. The smallest absolute Gasteiger partial charge is 0.408 e. The van der Waals surface area contributed by atoms with Crippen LogP contribution in [0.25, 0.3) is 0 Å². The van der Waals surface area contributed by atoms with Crippen LogP contribution in [-0.2, 0) is 19.1 Å². The summed E-state index contributed by atoms with van der Waals surface area (Å²) in [7, 11) is 0. The first-order valence-electron chi connectivity index (χ1n) is 19.3. The summed E-state index contributed by atoms with van der Waals surface area (Å²) in [5.74, 6) is 3.73. The Bertz CT molecular complexity index is 1150. The molecule has 3 N–H and O–H groups in total. The molecule has 9 unspecified atom stereocenters. The molecular formula is C40H68N2O6. The monoisotopic (exact) mass is 673 g/mol. The molecule has 3 fully saturated rings. The average Bonchev–Trinajstić information content (AvgIpc) is 3.35. The fraction of sp³-hybridized carbons (Fsp3) is 0.875. The second-order valence-electron chi connectivity index (χ2n) is 17.8. The Kier molecular flexibility index (Phi) is 13.1. The number of ether oxygens (including phenoxy) is 2. The van der Waals surface area contributed by atoms with Gasteiger partial charge in [-0.2, -0.15) is 0 Å². The predicted molar refractivity (Wildman–Crippen MR) is 190 cm³/mol. The maximum Gasteiger partial charge on any atom is 0.408 e. The van der Waals surface area contributed by atoms with Crippen LogP contribution in [0.1, 0.15) is 145 Å². The number of fused-ring (bicyclic) bond motifs is 5. The van der Waals surface area contributed by atoms with Crippen LogP contribution in [0.3, 0.4) is 0 Å². The Morgan fingerprint density at radius 3 is 2.40 bits per heavy atom. The van der Waals surface area contributed by atoms with Crippen molar-refractivity contribution in [3.8, 4) is 0 Å². The topological polar surface area (TPSA) is 114 Å². The van der Waals surface area contributed by atoms with E-state index in [2.05, 4.69) is 51.3 Å². The Morgan fingerprint density at radius 1 is 0.958 bits per heavy atom. The normalized spacial score (nSPS) is 32.7. The Labute approximate surface area is 291 Å². The third-order valence-corrected chi connectivity index (χ3v) is 12.9. The molecule has 274 valence electrons. The lowest BCUT2D eigenvalue weighted by molar-refractivity contribution is -0.139. The second kappa shape index (κ2) is 16.3. The van der Waals surface area contributed by atoms with Gasteiger partial charge in [-0.1, -0.05) is 65.5 Å². The summed E-state index contributed by atoms with van der Waals surface area (Å²) < 4.78 is 11.3. The van der Waals surface area contributed by atoms with Crippen LogP contribution in [-0.4, -0.2) is 54.0 Å². The van der Waals surface area contributed by atoms with Crippen molar-refractivity contribution in [1.29, 1.82) is 0 Å². The summed E-state index contributed by atoms with van der Waals surface area (Å²) in [5, 5.41) is 14.8. The van der Waals surface area contributed by atoms with Gasteiger partial charge >= 0.3 is 12.1 Å². The van der Waals surface area contributed by atoms with Crippen LogP contribution < -0.4 is 10.6 Å². The minimum absolute atomic E-state index is 0.0514. The number of nitrogens with one attached hydrogen (secondary N) is 2. The van der Waals surface area contributed by atoms with Crippen LogP contribution in [0.4, 0.5) is 4.79 Å². The third kappa shape index (κ3) is 9.57. The predicted octanol–water partition coefficient (Wildman–Crippen LogP) is 8.68. The highest BCUT2D eigenvalue weighted by Crippen LogP contribution is 2.67. The van der Waals surface area contributed by atoms with Crippen molar-refractivity contribution in [2.24, 2.45) is 46.3 Å². The van der Waals surface area contributed by atoms with E-state index in [1.54, 1.807) is 26.3 Å². The highest BCUT2D eigenvalue weighted by molar-refractivity contribution is 5.80. The van der Waals surface area contributed by atoms with Gasteiger partial charge in [-0.15, -0.1) is 0 Å². The minimum Gasteiger partial charge on any atom is -0.480 e. The first-order chi connectivity index (χ1) is 22.5. The number of amides is 2. The molecule has 0 aromatic heterocycles. The van der Waals surface area contributed by atoms with Crippen molar-refractivity contribution in [1.82, 2.24) is 10.6 Å². The van der Waals surface area contributed by atoms with Crippen molar-refractivity contribution in [2.45, 2.75) is 163 Å². The van der Waals surface area contributed by atoms with Crippen LogP contribution >= 0.6 is 0 Å². The molecule has 0 bridgehead atoms. The number of rotatable bonds is 15. The summed E-state index contributed by atoms with van der Waals surface area (Å²) in [4.78, 5) is 36.1. The summed E-state index contributed by atoms with van der Waals surface area (Å²) in [6.07, 6.45) is 17.4. The molecule has 0 spiro atoms. The summed E-state index contributed by atoms with van der Waals surface area (Å²) in [5.41, 5.74) is 1.65. The number of allylic oxidation sites excluding steroid dienone is 1. The third-order valence-electron chi connectivity index (χ3n) is 12.9. The standard InChI is InChI=1S/C40H68N2O6/c1-26(2)12-11-13-27(3)31-17-18-32-30-16-15-28-24-29(19-21-39(28,7)33(30)20-22-40(31,32)8)47-25-35(43)41-23-10-9-14-34(36(44)45)42-37(46)48-38(4,5)6/h15,26-27,29-34H,9-14,16-25H2,1-8H3,(H,41,43)(H,42,46)(H,44,45). The van der Waals surface area contributed by atoms with E-state index < -0.39 is 23.7 Å².